The Morgan fingerprint density at radius 3 is 1.78 bits per heavy atom. The third-order valence-corrected chi connectivity index (χ3v) is 12.9. The van der Waals surface area contributed by atoms with Gasteiger partial charge in [0.05, 0.1) is 0 Å². The normalized spacial score (nSPS) is 15.9. The van der Waals surface area contributed by atoms with Gasteiger partial charge in [-0.1, -0.05) is 67.7 Å². The first-order valence-electron chi connectivity index (χ1n) is 9.69. The van der Waals surface area contributed by atoms with Gasteiger partial charge in [-0.2, -0.15) is 12.6 Å². The van der Waals surface area contributed by atoms with Crippen LogP contribution in [-0.2, 0) is 8.85 Å². The lowest BCUT2D eigenvalue weighted by Crippen LogP contribution is -2.54. The number of hydrogen-bond acceptors (Lipinski definition) is 3. The van der Waals surface area contributed by atoms with Crippen LogP contribution in [0.5, 0.6) is 0 Å². The lowest BCUT2D eigenvalue weighted by Gasteiger charge is -2.41. The molecule has 0 saturated heterocycles. The second kappa shape index (κ2) is 12.1. The highest BCUT2D eigenvalue weighted by molar-refractivity contribution is 7.85. The Hall–Kier alpha value is 0.704. The Balaban J connectivity index is 5.11. The first-order valence-corrected chi connectivity index (χ1v) is 13.1. The minimum atomic E-state index is -1.76. The highest BCUT2D eigenvalue weighted by Gasteiger charge is 2.44. The zero-order valence-corrected chi connectivity index (χ0v) is 20.2. The third kappa shape index (κ3) is 9.10. The maximum Gasteiger partial charge on any atom is 0.334 e. The summed E-state index contributed by atoms with van der Waals surface area (Å²) >= 11 is 5.26. The molecule has 140 valence electrons. The molecule has 0 amide bonds. The van der Waals surface area contributed by atoms with Crippen molar-refractivity contribution in [2.75, 3.05) is 13.2 Å². The third-order valence-electron chi connectivity index (χ3n) is 4.98. The molecule has 0 bridgehead atoms. The average Bonchev–Trinajstić information content (AvgIpc) is 2.45. The summed E-state index contributed by atoms with van der Waals surface area (Å²) in [5.41, 5.74) is 0. The van der Waals surface area contributed by atoms with Gasteiger partial charge in [-0.25, -0.2) is 0 Å². The molecule has 0 aromatic rings. The molecular formula is C18H42O2SSi2. The van der Waals surface area contributed by atoms with Gasteiger partial charge in [0.1, 0.15) is 0 Å². The van der Waals surface area contributed by atoms with E-state index in [0.717, 1.165) is 32.5 Å². The minimum Gasteiger partial charge on any atom is -0.396 e. The smallest absolute Gasteiger partial charge is 0.334 e. The molecule has 0 radical (unpaired) electrons. The number of thiol groups is 1. The number of hydrogen-bond donors (Lipinski definition) is 1. The molecular weight excluding hydrogens is 336 g/mol. The van der Waals surface area contributed by atoms with E-state index in [9.17, 15) is 0 Å². The Bertz CT molecular complexity index is 291. The van der Waals surface area contributed by atoms with Crippen molar-refractivity contribution in [3.8, 4) is 0 Å². The summed E-state index contributed by atoms with van der Waals surface area (Å²) in [7, 11) is -2.20. The largest absolute Gasteiger partial charge is 0.396 e. The topological polar surface area (TPSA) is 18.5 Å². The molecule has 0 fully saturated rings. The second-order valence-corrected chi connectivity index (χ2v) is 16.6. The van der Waals surface area contributed by atoms with Crippen LogP contribution in [0.25, 0.3) is 0 Å². The van der Waals surface area contributed by atoms with Crippen LogP contribution in [0.2, 0.25) is 5.04 Å². The maximum absolute atomic E-state index is 6.35. The monoisotopic (exact) mass is 378 g/mol. The fourth-order valence-electron chi connectivity index (χ4n) is 2.74. The molecule has 0 N–H and O–H groups in total. The second-order valence-electron chi connectivity index (χ2n) is 7.95. The van der Waals surface area contributed by atoms with Crippen LogP contribution in [0.15, 0.2) is 0 Å². The summed E-state index contributed by atoms with van der Waals surface area (Å²) < 4.78 is 12.8. The van der Waals surface area contributed by atoms with Gasteiger partial charge in [0, 0.05) is 26.7 Å². The summed E-state index contributed by atoms with van der Waals surface area (Å²) in [5, 5.41) is 0.393. The van der Waals surface area contributed by atoms with Gasteiger partial charge in [-0.3, -0.25) is 0 Å². The number of rotatable bonds is 14. The van der Waals surface area contributed by atoms with Crippen molar-refractivity contribution in [3.05, 3.63) is 0 Å². The Morgan fingerprint density at radius 2 is 1.43 bits per heavy atom. The molecule has 0 heterocycles. The molecule has 23 heavy (non-hydrogen) atoms. The Labute approximate surface area is 155 Å². The molecule has 0 aliphatic heterocycles. The van der Waals surface area contributed by atoms with Crippen molar-refractivity contribution >= 4 is 31.4 Å². The quantitative estimate of drug-likeness (QED) is 0.265. The first kappa shape index (κ1) is 23.7. The molecule has 0 saturated carbocycles. The SMILES string of the molecule is CCCCO[SiH](OCCCC)[C@](S)(CCC)[SiH2]C(C)(C)C(C)C. The molecule has 0 aliphatic carbocycles. The van der Waals surface area contributed by atoms with Crippen LogP contribution in [-0.4, -0.2) is 36.0 Å². The van der Waals surface area contributed by atoms with Crippen molar-refractivity contribution in [3.63, 3.8) is 0 Å². The Kier molecular flexibility index (Phi) is 12.5. The minimum absolute atomic E-state index is 0.0595. The van der Waals surface area contributed by atoms with Gasteiger partial charge in [0.25, 0.3) is 0 Å². The molecule has 1 atom stereocenters. The van der Waals surface area contributed by atoms with E-state index in [4.69, 9.17) is 21.5 Å². The van der Waals surface area contributed by atoms with Gasteiger partial charge >= 0.3 is 9.28 Å². The fraction of sp³-hybridized carbons (Fsp3) is 1.00. The molecule has 0 aromatic heterocycles. The zero-order valence-electron chi connectivity index (χ0n) is 16.8. The van der Waals surface area contributed by atoms with Crippen LogP contribution >= 0.6 is 12.6 Å². The van der Waals surface area contributed by atoms with Gasteiger partial charge < -0.3 is 8.85 Å². The van der Waals surface area contributed by atoms with E-state index in [-0.39, 0.29) is 3.99 Å². The van der Waals surface area contributed by atoms with Crippen LogP contribution in [0, 0.1) is 5.92 Å². The molecule has 0 spiro atoms. The predicted octanol–water partition coefficient (Wildman–Crippen LogP) is 4.83. The van der Waals surface area contributed by atoms with Crippen LogP contribution in [0.1, 0.15) is 87.0 Å². The molecule has 0 unspecified atom stereocenters. The van der Waals surface area contributed by atoms with E-state index in [0.29, 0.717) is 11.0 Å². The fourth-order valence-corrected chi connectivity index (χ4v) is 12.1. The van der Waals surface area contributed by atoms with Gasteiger partial charge in [0.2, 0.25) is 0 Å². The number of unbranched alkanes of at least 4 members (excludes halogenated alkanes) is 2. The highest BCUT2D eigenvalue weighted by atomic mass is 32.1. The molecule has 2 nitrogen and oxygen atoms in total. The molecule has 0 rings (SSSR count). The van der Waals surface area contributed by atoms with Crippen molar-refractivity contribution in [2.45, 2.75) is 96.0 Å². The summed E-state index contributed by atoms with van der Waals surface area (Å²) in [5.74, 6) is 0.693. The van der Waals surface area contributed by atoms with E-state index in [1.54, 1.807) is 0 Å². The summed E-state index contributed by atoms with van der Waals surface area (Å²) in [6.45, 7) is 17.9. The lowest BCUT2D eigenvalue weighted by molar-refractivity contribution is 0.185. The van der Waals surface area contributed by atoms with Crippen molar-refractivity contribution in [1.82, 2.24) is 0 Å². The van der Waals surface area contributed by atoms with Crippen molar-refractivity contribution in [1.29, 1.82) is 0 Å². The van der Waals surface area contributed by atoms with E-state index in [2.05, 4.69) is 48.5 Å². The van der Waals surface area contributed by atoms with Gasteiger partial charge in [-0.05, 0) is 30.2 Å². The Morgan fingerprint density at radius 1 is 0.957 bits per heavy atom. The van der Waals surface area contributed by atoms with Crippen LogP contribution in [0.4, 0.5) is 0 Å². The molecule has 5 heteroatoms. The molecule has 0 aromatic carbocycles. The average molecular weight is 379 g/mol. The summed E-state index contributed by atoms with van der Waals surface area (Å²) in [6, 6.07) is 0. The van der Waals surface area contributed by atoms with Crippen molar-refractivity contribution < 1.29 is 8.85 Å². The predicted molar refractivity (Wildman–Crippen MR) is 113 cm³/mol. The van der Waals surface area contributed by atoms with Gasteiger partial charge in [-0.15, -0.1) is 0 Å². The first-order chi connectivity index (χ1) is 10.7. The van der Waals surface area contributed by atoms with E-state index >= 15 is 0 Å². The zero-order chi connectivity index (χ0) is 17.9. The highest BCUT2D eigenvalue weighted by Crippen LogP contribution is 2.40. The van der Waals surface area contributed by atoms with Crippen LogP contribution < -0.4 is 0 Å². The summed E-state index contributed by atoms with van der Waals surface area (Å²) in [4.78, 5) is 0. The standard InChI is InChI=1S/C18H42O2SSi2/c1-8-11-14-19-23(20-15-12-9-2)18(21,13-10-3)22-17(6,7)16(4)5/h16,21,23H,8-15,22H2,1-7H3/t18-/m0/s1. The molecule has 0 aliphatic rings. The summed E-state index contributed by atoms with van der Waals surface area (Å²) in [6.07, 6.45) is 6.93. The van der Waals surface area contributed by atoms with E-state index in [1.165, 1.54) is 19.3 Å². The lowest BCUT2D eigenvalue weighted by atomic mass is 9.99. The maximum atomic E-state index is 6.35. The van der Waals surface area contributed by atoms with Crippen molar-refractivity contribution in [2.24, 2.45) is 5.92 Å². The van der Waals surface area contributed by atoms with Gasteiger partial charge in [0.15, 0.2) is 0 Å². The van der Waals surface area contributed by atoms with E-state index in [1.807, 2.05) is 0 Å². The van der Waals surface area contributed by atoms with E-state index < -0.39 is 18.8 Å². The van der Waals surface area contributed by atoms with Crippen LogP contribution in [0.3, 0.4) is 0 Å².